The molecule has 0 saturated carbocycles. The number of hydrogen-bond acceptors (Lipinski definition) is 5. The Bertz CT molecular complexity index is 625. The molecule has 1 atom stereocenters. The number of carbonyl (C=O) groups excluding carboxylic acids is 1. The summed E-state index contributed by atoms with van der Waals surface area (Å²) in [4.78, 5) is 16.4. The van der Waals surface area contributed by atoms with Crippen molar-refractivity contribution >= 4 is 27.3 Å². The molecule has 2 heterocycles. The third-order valence-corrected chi connectivity index (χ3v) is 5.94. The zero-order chi connectivity index (χ0) is 16.3. The van der Waals surface area contributed by atoms with Crippen LogP contribution in [0.5, 0.6) is 0 Å². The first kappa shape index (κ1) is 17.4. The Morgan fingerprint density at radius 3 is 2.86 bits per heavy atom. The molecule has 1 aliphatic rings. The first-order valence-corrected chi connectivity index (χ1v) is 10.2. The number of carbonyl (C=O) groups is 1. The van der Waals surface area contributed by atoms with Crippen LogP contribution in [-0.2, 0) is 10.0 Å². The van der Waals surface area contributed by atoms with Gasteiger partial charge in [-0.1, -0.05) is 13.8 Å². The summed E-state index contributed by atoms with van der Waals surface area (Å²) in [6.07, 6.45) is 3.00. The Morgan fingerprint density at radius 2 is 2.27 bits per heavy atom. The van der Waals surface area contributed by atoms with Gasteiger partial charge < -0.3 is 5.32 Å². The lowest BCUT2D eigenvalue weighted by Gasteiger charge is -2.30. The largest absolute Gasteiger partial charge is 0.350 e. The van der Waals surface area contributed by atoms with Crippen molar-refractivity contribution in [3.8, 4) is 0 Å². The number of thiazole rings is 1. The molecule has 1 fully saturated rings. The standard InChI is InChI=1S/C14H23N3O3S2/c1-10(2)12-9-21-14(16-12)13(18)15-7-11-5-4-6-17(8-11)22(3,19)20/h9-11H,4-8H2,1-3H3,(H,15,18)/t11-/m0/s1. The maximum atomic E-state index is 12.1. The Kier molecular flexibility index (Phi) is 5.57. The molecule has 22 heavy (non-hydrogen) atoms. The summed E-state index contributed by atoms with van der Waals surface area (Å²) in [5.74, 6) is 0.296. The minimum Gasteiger partial charge on any atom is -0.350 e. The van der Waals surface area contributed by atoms with E-state index in [1.165, 1.54) is 21.9 Å². The molecule has 2 rings (SSSR count). The summed E-state index contributed by atoms with van der Waals surface area (Å²) in [6.45, 7) is 5.63. The normalized spacial score (nSPS) is 20.3. The highest BCUT2D eigenvalue weighted by Crippen LogP contribution is 2.19. The molecule has 0 unspecified atom stereocenters. The molecule has 8 heteroatoms. The molecule has 1 aromatic heterocycles. The van der Waals surface area contributed by atoms with E-state index in [-0.39, 0.29) is 11.8 Å². The number of hydrogen-bond donors (Lipinski definition) is 1. The van der Waals surface area contributed by atoms with Gasteiger partial charge in [0.15, 0.2) is 5.01 Å². The minimum absolute atomic E-state index is 0.164. The van der Waals surface area contributed by atoms with E-state index >= 15 is 0 Å². The summed E-state index contributed by atoms with van der Waals surface area (Å²) in [7, 11) is -3.15. The molecule has 1 amide bonds. The van der Waals surface area contributed by atoms with Gasteiger partial charge in [-0.25, -0.2) is 17.7 Å². The van der Waals surface area contributed by atoms with Crippen LogP contribution >= 0.6 is 11.3 Å². The number of nitrogens with zero attached hydrogens (tertiary/aromatic N) is 2. The van der Waals surface area contributed by atoms with Crippen molar-refractivity contribution in [3.05, 3.63) is 16.1 Å². The van der Waals surface area contributed by atoms with Gasteiger partial charge in [0.25, 0.3) is 5.91 Å². The van der Waals surface area contributed by atoms with Crippen LogP contribution in [0.2, 0.25) is 0 Å². The van der Waals surface area contributed by atoms with Crippen LogP contribution in [0.25, 0.3) is 0 Å². The lowest BCUT2D eigenvalue weighted by Crippen LogP contribution is -2.43. The zero-order valence-electron chi connectivity index (χ0n) is 13.2. The first-order chi connectivity index (χ1) is 10.3. The van der Waals surface area contributed by atoms with Crippen LogP contribution in [0, 0.1) is 5.92 Å². The lowest BCUT2D eigenvalue weighted by molar-refractivity contribution is 0.0941. The van der Waals surface area contributed by atoms with Gasteiger partial charge in [0.1, 0.15) is 0 Å². The summed E-state index contributed by atoms with van der Waals surface area (Å²) in [6, 6.07) is 0. The van der Waals surface area contributed by atoms with Gasteiger partial charge in [-0.2, -0.15) is 0 Å². The van der Waals surface area contributed by atoms with E-state index in [0.29, 0.717) is 30.6 Å². The van der Waals surface area contributed by atoms with Crippen molar-refractivity contribution in [1.82, 2.24) is 14.6 Å². The van der Waals surface area contributed by atoms with Crippen LogP contribution in [0.1, 0.15) is 48.1 Å². The van der Waals surface area contributed by atoms with Crippen LogP contribution in [0.4, 0.5) is 0 Å². The molecule has 6 nitrogen and oxygen atoms in total. The predicted molar refractivity (Wildman–Crippen MR) is 87.7 cm³/mol. The van der Waals surface area contributed by atoms with E-state index < -0.39 is 10.0 Å². The van der Waals surface area contributed by atoms with Gasteiger partial charge in [0, 0.05) is 25.0 Å². The van der Waals surface area contributed by atoms with Crippen LogP contribution in [0.3, 0.4) is 0 Å². The van der Waals surface area contributed by atoms with Gasteiger partial charge in [-0.05, 0) is 24.7 Å². The molecule has 0 bridgehead atoms. The smallest absolute Gasteiger partial charge is 0.280 e. The lowest BCUT2D eigenvalue weighted by atomic mass is 10.00. The average molecular weight is 345 g/mol. The topological polar surface area (TPSA) is 79.4 Å². The average Bonchev–Trinajstić information content (AvgIpc) is 2.94. The molecule has 1 aromatic rings. The Hall–Kier alpha value is -0.990. The van der Waals surface area contributed by atoms with Gasteiger partial charge in [-0.15, -0.1) is 11.3 Å². The summed E-state index contributed by atoms with van der Waals surface area (Å²) in [5, 5.41) is 5.26. The highest BCUT2D eigenvalue weighted by atomic mass is 32.2. The van der Waals surface area contributed by atoms with Gasteiger partial charge in [-0.3, -0.25) is 4.79 Å². The highest BCUT2D eigenvalue weighted by Gasteiger charge is 2.26. The summed E-state index contributed by atoms with van der Waals surface area (Å²) < 4.78 is 24.7. The Labute approximate surface area is 136 Å². The van der Waals surface area contributed by atoms with E-state index in [2.05, 4.69) is 10.3 Å². The van der Waals surface area contributed by atoms with E-state index in [1.54, 1.807) is 0 Å². The summed E-state index contributed by atoms with van der Waals surface area (Å²) >= 11 is 1.35. The molecule has 1 saturated heterocycles. The molecule has 0 spiro atoms. The Morgan fingerprint density at radius 1 is 1.55 bits per heavy atom. The molecule has 1 aliphatic heterocycles. The second-order valence-corrected chi connectivity index (χ2v) is 8.91. The molecule has 1 N–H and O–H groups in total. The van der Waals surface area contributed by atoms with Crippen molar-refractivity contribution in [2.24, 2.45) is 5.92 Å². The third kappa shape index (κ3) is 4.50. The second-order valence-electron chi connectivity index (χ2n) is 6.07. The van der Waals surface area contributed by atoms with E-state index in [0.717, 1.165) is 18.5 Å². The molecule has 0 radical (unpaired) electrons. The fraction of sp³-hybridized carbons (Fsp3) is 0.714. The predicted octanol–water partition coefficient (Wildman–Crippen LogP) is 1.67. The van der Waals surface area contributed by atoms with Gasteiger partial charge in [0.05, 0.1) is 11.9 Å². The maximum Gasteiger partial charge on any atom is 0.280 e. The molecule has 124 valence electrons. The fourth-order valence-electron chi connectivity index (χ4n) is 2.46. The maximum absolute atomic E-state index is 12.1. The number of sulfonamides is 1. The van der Waals surface area contributed by atoms with Crippen molar-refractivity contribution in [2.75, 3.05) is 25.9 Å². The second kappa shape index (κ2) is 7.06. The zero-order valence-corrected chi connectivity index (χ0v) is 14.8. The first-order valence-electron chi connectivity index (χ1n) is 7.46. The van der Waals surface area contributed by atoms with E-state index in [9.17, 15) is 13.2 Å². The van der Waals surface area contributed by atoms with Crippen molar-refractivity contribution in [2.45, 2.75) is 32.6 Å². The van der Waals surface area contributed by atoms with Gasteiger partial charge in [0.2, 0.25) is 10.0 Å². The molecular weight excluding hydrogens is 322 g/mol. The number of aromatic nitrogens is 1. The van der Waals surface area contributed by atoms with Crippen molar-refractivity contribution < 1.29 is 13.2 Å². The van der Waals surface area contributed by atoms with Crippen LogP contribution in [-0.4, -0.2) is 49.5 Å². The minimum atomic E-state index is -3.15. The summed E-state index contributed by atoms with van der Waals surface area (Å²) in [5.41, 5.74) is 0.927. The number of nitrogens with one attached hydrogen (secondary N) is 1. The van der Waals surface area contributed by atoms with Crippen molar-refractivity contribution in [1.29, 1.82) is 0 Å². The third-order valence-electron chi connectivity index (χ3n) is 3.81. The number of amides is 1. The Balaban J connectivity index is 1.88. The van der Waals surface area contributed by atoms with Crippen LogP contribution in [0.15, 0.2) is 5.38 Å². The van der Waals surface area contributed by atoms with Crippen LogP contribution < -0.4 is 5.32 Å². The van der Waals surface area contributed by atoms with E-state index in [4.69, 9.17) is 0 Å². The number of rotatable bonds is 5. The van der Waals surface area contributed by atoms with Crippen molar-refractivity contribution in [3.63, 3.8) is 0 Å². The van der Waals surface area contributed by atoms with E-state index in [1.807, 2.05) is 19.2 Å². The molecular formula is C14H23N3O3S2. The molecule has 0 aliphatic carbocycles. The number of piperidine rings is 1. The fourth-order valence-corrected chi connectivity index (χ4v) is 4.30. The highest BCUT2D eigenvalue weighted by molar-refractivity contribution is 7.88. The SMILES string of the molecule is CC(C)c1csc(C(=O)NC[C@@H]2CCCN(S(C)(=O)=O)C2)n1. The quantitative estimate of drug-likeness (QED) is 0.880. The van der Waals surface area contributed by atoms with Gasteiger partial charge >= 0.3 is 0 Å². The molecule has 0 aromatic carbocycles. The monoisotopic (exact) mass is 345 g/mol.